The summed E-state index contributed by atoms with van der Waals surface area (Å²) in [5.74, 6) is -1.05. The zero-order valence-corrected chi connectivity index (χ0v) is 10.2. The Morgan fingerprint density at radius 2 is 2.29 bits per heavy atom. The molecule has 1 fully saturated rings. The van der Waals surface area contributed by atoms with Crippen molar-refractivity contribution in [3.8, 4) is 0 Å². The zero-order valence-electron chi connectivity index (χ0n) is 9.39. The van der Waals surface area contributed by atoms with Crippen molar-refractivity contribution in [2.45, 2.75) is 31.7 Å². The van der Waals surface area contributed by atoms with Crippen LogP contribution in [-0.4, -0.2) is 23.0 Å². The molecule has 2 atom stereocenters. The van der Waals surface area contributed by atoms with Crippen LogP contribution in [0.25, 0.3) is 0 Å². The fourth-order valence-electron chi connectivity index (χ4n) is 2.19. The van der Waals surface area contributed by atoms with Gasteiger partial charge in [0.15, 0.2) is 0 Å². The lowest BCUT2D eigenvalue weighted by Crippen LogP contribution is -2.34. The van der Waals surface area contributed by atoms with Crippen molar-refractivity contribution in [2.75, 3.05) is 0 Å². The van der Waals surface area contributed by atoms with Crippen molar-refractivity contribution in [1.29, 1.82) is 0 Å². The van der Waals surface area contributed by atoms with Gasteiger partial charge in [0.05, 0.1) is 12.3 Å². The van der Waals surface area contributed by atoms with Crippen LogP contribution in [0.15, 0.2) is 17.5 Å². The third kappa shape index (κ3) is 3.30. The number of rotatable bonds is 4. The van der Waals surface area contributed by atoms with Crippen molar-refractivity contribution in [2.24, 2.45) is 5.92 Å². The second-order valence-electron chi connectivity index (χ2n) is 4.37. The van der Waals surface area contributed by atoms with Gasteiger partial charge in [0.25, 0.3) is 0 Å². The predicted molar refractivity (Wildman–Crippen MR) is 64.9 cm³/mol. The number of hydrogen-bond acceptors (Lipinski definition) is 3. The molecule has 0 radical (unpaired) electrons. The van der Waals surface area contributed by atoms with E-state index >= 15 is 0 Å². The maximum Gasteiger partial charge on any atom is 0.306 e. The Balaban J connectivity index is 1.78. The molecule has 4 nitrogen and oxygen atoms in total. The fraction of sp³-hybridized carbons (Fsp3) is 0.500. The topological polar surface area (TPSA) is 66.4 Å². The fourth-order valence-corrected chi connectivity index (χ4v) is 2.89. The van der Waals surface area contributed by atoms with E-state index in [4.69, 9.17) is 5.11 Å². The Morgan fingerprint density at radius 1 is 1.47 bits per heavy atom. The standard InChI is InChI=1S/C12H15NO3S/c14-11(7-10-2-1-5-17-10)13-9-4-3-8(6-9)12(15)16/h1-2,5,8-9H,3-4,6-7H2,(H,13,14)(H,15,16)/t8-,9-/m1/s1. The summed E-state index contributed by atoms with van der Waals surface area (Å²) in [6, 6.07) is 3.88. The van der Waals surface area contributed by atoms with Gasteiger partial charge in [-0.3, -0.25) is 9.59 Å². The van der Waals surface area contributed by atoms with E-state index in [1.807, 2.05) is 17.5 Å². The number of carboxylic acids is 1. The molecular formula is C12H15NO3S. The van der Waals surface area contributed by atoms with Crippen molar-refractivity contribution in [3.63, 3.8) is 0 Å². The molecule has 1 aromatic rings. The predicted octanol–water partition coefficient (Wildman–Crippen LogP) is 1.66. The summed E-state index contributed by atoms with van der Waals surface area (Å²) >= 11 is 1.56. The van der Waals surface area contributed by atoms with Gasteiger partial charge in [-0.05, 0) is 30.7 Å². The molecule has 1 aromatic heterocycles. The lowest BCUT2D eigenvalue weighted by molar-refractivity contribution is -0.141. The van der Waals surface area contributed by atoms with Crippen LogP contribution in [0.5, 0.6) is 0 Å². The largest absolute Gasteiger partial charge is 0.481 e. The summed E-state index contributed by atoms with van der Waals surface area (Å²) in [4.78, 5) is 23.5. The molecule has 1 amide bonds. The lowest BCUT2D eigenvalue weighted by atomic mass is 10.1. The molecule has 0 aromatic carbocycles. The van der Waals surface area contributed by atoms with E-state index in [1.54, 1.807) is 11.3 Å². The van der Waals surface area contributed by atoms with Crippen LogP contribution in [0.4, 0.5) is 0 Å². The maximum absolute atomic E-state index is 11.7. The molecule has 0 unspecified atom stereocenters. The van der Waals surface area contributed by atoms with Crippen molar-refractivity contribution in [3.05, 3.63) is 22.4 Å². The van der Waals surface area contributed by atoms with Crippen LogP contribution < -0.4 is 5.32 Å². The smallest absolute Gasteiger partial charge is 0.306 e. The highest BCUT2D eigenvalue weighted by Crippen LogP contribution is 2.25. The quantitative estimate of drug-likeness (QED) is 0.857. The molecule has 0 saturated heterocycles. The Kier molecular flexibility index (Phi) is 3.78. The SMILES string of the molecule is O=C(Cc1cccs1)N[C@@H]1CC[C@@H](C(=O)O)C1. The highest BCUT2D eigenvalue weighted by molar-refractivity contribution is 7.10. The van der Waals surface area contributed by atoms with Gasteiger partial charge in [0.2, 0.25) is 5.91 Å². The number of thiophene rings is 1. The number of carbonyl (C=O) groups is 2. The number of aliphatic carboxylic acids is 1. The summed E-state index contributed by atoms with van der Waals surface area (Å²) < 4.78 is 0. The molecule has 1 saturated carbocycles. The number of hydrogen-bond donors (Lipinski definition) is 2. The Hall–Kier alpha value is -1.36. The van der Waals surface area contributed by atoms with Crippen molar-refractivity contribution >= 4 is 23.2 Å². The number of nitrogens with one attached hydrogen (secondary N) is 1. The molecule has 92 valence electrons. The number of amides is 1. The van der Waals surface area contributed by atoms with Crippen LogP contribution in [-0.2, 0) is 16.0 Å². The highest BCUT2D eigenvalue weighted by atomic mass is 32.1. The molecule has 17 heavy (non-hydrogen) atoms. The highest BCUT2D eigenvalue weighted by Gasteiger charge is 2.30. The second-order valence-corrected chi connectivity index (χ2v) is 5.40. The van der Waals surface area contributed by atoms with Crippen LogP contribution in [0, 0.1) is 5.92 Å². The summed E-state index contributed by atoms with van der Waals surface area (Å²) in [7, 11) is 0. The number of carbonyl (C=O) groups excluding carboxylic acids is 1. The van der Waals surface area contributed by atoms with Crippen LogP contribution in [0.2, 0.25) is 0 Å². The average molecular weight is 253 g/mol. The van der Waals surface area contributed by atoms with Gasteiger partial charge in [-0.2, -0.15) is 0 Å². The van der Waals surface area contributed by atoms with E-state index in [1.165, 1.54) is 0 Å². The van der Waals surface area contributed by atoms with E-state index in [0.29, 0.717) is 19.3 Å². The molecule has 5 heteroatoms. The first-order valence-electron chi connectivity index (χ1n) is 5.69. The maximum atomic E-state index is 11.7. The Bertz CT molecular complexity index is 402. The van der Waals surface area contributed by atoms with Crippen LogP contribution in [0.3, 0.4) is 0 Å². The monoisotopic (exact) mass is 253 g/mol. The minimum atomic E-state index is -0.750. The molecule has 1 heterocycles. The molecule has 1 aliphatic rings. The molecule has 0 spiro atoms. The summed E-state index contributed by atoms with van der Waals surface area (Å²) in [6.07, 6.45) is 2.39. The molecule has 1 aliphatic carbocycles. The van der Waals surface area contributed by atoms with Gasteiger partial charge in [-0.15, -0.1) is 11.3 Å². The molecule has 0 aliphatic heterocycles. The second kappa shape index (κ2) is 5.31. The normalized spacial score (nSPS) is 23.5. The third-order valence-corrected chi connectivity index (χ3v) is 3.94. The van der Waals surface area contributed by atoms with E-state index in [0.717, 1.165) is 11.3 Å². The Labute approximate surface area is 104 Å². The molecule has 0 bridgehead atoms. The third-order valence-electron chi connectivity index (χ3n) is 3.06. The Morgan fingerprint density at radius 3 is 2.88 bits per heavy atom. The van der Waals surface area contributed by atoms with Crippen molar-refractivity contribution < 1.29 is 14.7 Å². The minimum Gasteiger partial charge on any atom is -0.481 e. The van der Waals surface area contributed by atoms with E-state index in [2.05, 4.69) is 5.32 Å². The van der Waals surface area contributed by atoms with Gasteiger partial charge in [-0.25, -0.2) is 0 Å². The van der Waals surface area contributed by atoms with Gasteiger partial charge >= 0.3 is 5.97 Å². The van der Waals surface area contributed by atoms with Gasteiger partial charge in [0.1, 0.15) is 0 Å². The van der Waals surface area contributed by atoms with E-state index in [-0.39, 0.29) is 17.9 Å². The van der Waals surface area contributed by atoms with E-state index < -0.39 is 5.97 Å². The summed E-state index contributed by atoms with van der Waals surface area (Å²) in [5.41, 5.74) is 0. The molecule has 2 rings (SSSR count). The summed E-state index contributed by atoms with van der Waals surface area (Å²) in [5, 5.41) is 13.7. The first-order valence-corrected chi connectivity index (χ1v) is 6.57. The van der Waals surface area contributed by atoms with Crippen LogP contribution in [0.1, 0.15) is 24.1 Å². The molecule has 2 N–H and O–H groups in total. The van der Waals surface area contributed by atoms with E-state index in [9.17, 15) is 9.59 Å². The first-order chi connectivity index (χ1) is 8.15. The van der Waals surface area contributed by atoms with Gasteiger partial charge in [-0.1, -0.05) is 6.07 Å². The van der Waals surface area contributed by atoms with Gasteiger partial charge in [0, 0.05) is 10.9 Å². The lowest BCUT2D eigenvalue weighted by Gasteiger charge is -2.11. The number of carboxylic acid groups (broad SMARTS) is 1. The van der Waals surface area contributed by atoms with Gasteiger partial charge < -0.3 is 10.4 Å². The first kappa shape index (κ1) is 12.1. The summed E-state index contributed by atoms with van der Waals surface area (Å²) in [6.45, 7) is 0. The zero-order chi connectivity index (χ0) is 12.3. The molecular weight excluding hydrogens is 238 g/mol. The average Bonchev–Trinajstić information content (AvgIpc) is 2.88. The van der Waals surface area contributed by atoms with Crippen LogP contribution >= 0.6 is 11.3 Å². The minimum absolute atomic E-state index is 0.0107. The van der Waals surface area contributed by atoms with Crippen molar-refractivity contribution in [1.82, 2.24) is 5.32 Å².